The normalized spacial score (nSPS) is 6.33. The van der Waals surface area contributed by atoms with Gasteiger partial charge in [-0.3, -0.25) is 0 Å². The number of nitriles is 2. The second kappa shape index (κ2) is 16.7. The van der Waals surface area contributed by atoms with Gasteiger partial charge in [-0.15, -0.1) is 0 Å². The van der Waals surface area contributed by atoms with E-state index in [1.807, 2.05) is 0 Å². The maximum absolute atomic E-state index is 9.75. The van der Waals surface area contributed by atoms with E-state index in [2.05, 4.69) is 0 Å². The van der Waals surface area contributed by atoms with Crippen LogP contribution in [0.5, 0.6) is 0 Å². The first-order chi connectivity index (χ1) is 4.83. The van der Waals surface area contributed by atoms with E-state index in [0.717, 1.165) is 0 Å². The number of rotatable bonds is 0. The molecule has 0 atom stereocenters. The van der Waals surface area contributed by atoms with E-state index in [4.69, 9.17) is 10.5 Å². The molecule has 0 bridgehead atoms. The summed E-state index contributed by atoms with van der Waals surface area (Å²) in [5.41, 5.74) is 0. The molecular formula is C4H6BCuF4N2. The third kappa shape index (κ3) is 1240. The van der Waals surface area contributed by atoms with Crippen LogP contribution in [-0.4, -0.2) is 7.25 Å². The molecule has 0 aromatic heterocycles. The van der Waals surface area contributed by atoms with E-state index in [0.29, 0.717) is 0 Å². The second-order valence-electron chi connectivity index (χ2n) is 0.942. The first kappa shape index (κ1) is 22.5. The van der Waals surface area contributed by atoms with Gasteiger partial charge in [0.2, 0.25) is 0 Å². The van der Waals surface area contributed by atoms with Gasteiger partial charge >= 0.3 is 24.3 Å². The third-order valence-corrected chi connectivity index (χ3v) is 0. The van der Waals surface area contributed by atoms with Crippen LogP contribution >= 0.6 is 0 Å². The molecule has 0 aromatic rings. The van der Waals surface area contributed by atoms with Gasteiger partial charge in [-0.25, -0.2) is 0 Å². The predicted octanol–water partition coefficient (Wildman–Crippen LogP) is 2.36. The third-order valence-electron chi connectivity index (χ3n) is 0. The topological polar surface area (TPSA) is 47.6 Å². The molecule has 0 radical (unpaired) electrons. The van der Waals surface area contributed by atoms with Crippen molar-refractivity contribution in [3.8, 4) is 12.1 Å². The van der Waals surface area contributed by atoms with Crippen LogP contribution in [0.4, 0.5) is 17.3 Å². The van der Waals surface area contributed by atoms with Crippen molar-refractivity contribution >= 4 is 7.25 Å². The van der Waals surface area contributed by atoms with Crippen molar-refractivity contribution in [3.05, 3.63) is 0 Å². The van der Waals surface area contributed by atoms with Gasteiger partial charge in [0, 0.05) is 13.8 Å². The number of hydrogen-bond acceptors (Lipinski definition) is 2. The number of hydrogen-bond donors (Lipinski definition) is 0. The minimum atomic E-state index is -6.00. The molecule has 8 heteroatoms. The average Bonchev–Trinajstić information content (AvgIpc) is 1.62. The summed E-state index contributed by atoms with van der Waals surface area (Å²) in [6.45, 7) is 2.86. The zero-order valence-corrected chi connectivity index (χ0v) is 7.23. The average molecular weight is 232 g/mol. The van der Waals surface area contributed by atoms with Crippen molar-refractivity contribution in [1.29, 1.82) is 10.5 Å². The Hall–Kier alpha value is -0.716. The zero-order valence-electron chi connectivity index (χ0n) is 6.29. The van der Waals surface area contributed by atoms with Crippen LogP contribution in [0.15, 0.2) is 0 Å². The van der Waals surface area contributed by atoms with Crippen LogP contribution in [0.3, 0.4) is 0 Å². The van der Waals surface area contributed by atoms with Crippen molar-refractivity contribution in [3.63, 3.8) is 0 Å². The van der Waals surface area contributed by atoms with Gasteiger partial charge in [-0.1, -0.05) is 0 Å². The fraction of sp³-hybridized carbons (Fsp3) is 0.500. The van der Waals surface area contributed by atoms with Crippen molar-refractivity contribution in [2.24, 2.45) is 0 Å². The van der Waals surface area contributed by atoms with Gasteiger partial charge in [0.25, 0.3) is 0 Å². The van der Waals surface area contributed by atoms with Crippen molar-refractivity contribution in [2.45, 2.75) is 13.8 Å². The molecule has 0 N–H and O–H groups in total. The second-order valence-corrected chi connectivity index (χ2v) is 0.942. The smallest absolute Gasteiger partial charge is 0.418 e. The molecule has 0 saturated carbocycles. The number of nitrogens with zero attached hydrogens (tertiary/aromatic N) is 2. The van der Waals surface area contributed by atoms with E-state index in [-0.39, 0.29) is 17.1 Å². The molecule has 2 nitrogen and oxygen atoms in total. The monoisotopic (exact) mass is 232 g/mol. The molecule has 0 aliphatic heterocycles. The molecule has 0 heterocycles. The first-order valence-electron chi connectivity index (χ1n) is 2.32. The fourth-order valence-electron chi connectivity index (χ4n) is 0. The minimum Gasteiger partial charge on any atom is -0.418 e. The Bertz CT molecular complexity index is 129. The molecule has 12 heavy (non-hydrogen) atoms. The van der Waals surface area contributed by atoms with Crippen molar-refractivity contribution in [2.75, 3.05) is 0 Å². The van der Waals surface area contributed by atoms with E-state index in [1.54, 1.807) is 12.1 Å². The quantitative estimate of drug-likeness (QED) is 0.475. The summed E-state index contributed by atoms with van der Waals surface area (Å²) in [4.78, 5) is 0. The SMILES string of the molecule is CC#N.CC#N.F[B-](F)(F)F.[Cu+]. The molecule has 0 saturated heterocycles. The Labute approximate surface area is 78.7 Å². The van der Waals surface area contributed by atoms with Gasteiger partial charge in [0.15, 0.2) is 0 Å². The van der Waals surface area contributed by atoms with Gasteiger partial charge in [0.05, 0.1) is 12.1 Å². The maximum atomic E-state index is 9.75. The molecule has 0 aliphatic carbocycles. The summed E-state index contributed by atoms with van der Waals surface area (Å²) < 4.78 is 39.0. The molecule has 0 unspecified atom stereocenters. The molecular weight excluding hydrogens is 226 g/mol. The summed E-state index contributed by atoms with van der Waals surface area (Å²) in [5.74, 6) is 0. The van der Waals surface area contributed by atoms with E-state index in [9.17, 15) is 17.3 Å². The first-order valence-corrected chi connectivity index (χ1v) is 2.32. The fourth-order valence-corrected chi connectivity index (χ4v) is 0. The molecule has 0 aliphatic rings. The standard InChI is InChI=1S/2C2H3N.BF4.Cu/c2*1-2-3;2-1(3,4)5;/h2*1H3;;/q;;-1;+1. The van der Waals surface area contributed by atoms with Crippen LogP contribution in [-0.2, 0) is 17.1 Å². The van der Waals surface area contributed by atoms with Gasteiger partial charge in [-0.05, 0) is 0 Å². The maximum Gasteiger partial charge on any atom is 1.00 e. The van der Waals surface area contributed by atoms with E-state index in [1.165, 1.54) is 13.8 Å². The molecule has 0 rings (SSSR count). The largest absolute Gasteiger partial charge is 1.00 e. The predicted molar refractivity (Wildman–Crippen MR) is 32.8 cm³/mol. The molecule has 0 fully saturated rings. The Morgan fingerprint density at radius 1 is 0.917 bits per heavy atom. The Kier molecular flexibility index (Phi) is 31.3. The zero-order chi connectivity index (χ0) is 9.91. The van der Waals surface area contributed by atoms with Crippen molar-refractivity contribution in [1.82, 2.24) is 0 Å². The molecule has 0 amide bonds. The van der Waals surface area contributed by atoms with Gasteiger partial charge in [-0.2, -0.15) is 10.5 Å². The summed E-state index contributed by atoms with van der Waals surface area (Å²) >= 11 is 0. The van der Waals surface area contributed by atoms with Crippen LogP contribution in [0.25, 0.3) is 0 Å². The van der Waals surface area contributed by atoms with E-state index < -0.39 is 7.25 Å². The Morgan fingerprint density at radius 2 is 0.917 bits per heavy atom. The summed E-state index contributed by atoms with van der Waals surface area (Å²) in [6.07, 6.45) is 0. The molecule has 74 valence electrons. The van der Waals surface area contributed by atoms with Gasteiger partial charge in [0.1, 0.15) is 0 Å². The summed E-state index contributed by atoms with van der Waals surface area (Å²) in [6, 6.07) is 3.50. The molecule has 0 spiro atoms. The summed E-state index contributed by atoms with van der Waals surface area (Å²) in [5, 5.41) is 14.6. The molecule has 0 aromatic carbocycles. The van der Waals surface area contributed by atoms with Crippen molar-refractivity contribution < 1.29 is 34.3 Å². The van der Waals surface area contributed by atoms with Crippen LogP contribution in [0, 0.1) is 22.7 Å². The summed E-state index contributed by atoms with van der Waals surface area (Å²) in [7, 11) is -6.00. The van der Waals surface area contributed by atoms with E-state index >= 15 is 0 Å². The number of halogens is 4. The van der Waals surface area contributed by atoms with Crippen LogP contribution in [0.1, 0.15) is 13.8 Å². The Morgan fingerprint density at radius 3 is 0.917 bits per heavy atom. The van der Waals surface area contributed by atoms with Gasteiger partial charge < -0.3 is 17.3 Å². The van der Waals surface area contributed by atoms with Crippen LogP contribution < -0.4 is 0 Å². The van der Waals surface area contributed by atoms with Crippen LogP contribution in [0.2, 0.25) is 0 Å². The minimum absolute atomic E-state index is 0. The Balaban J connectivity index is -0.0000000406.